The Morgan fingerprint density at radius 2 is 1.73 bits per heavy atom. The Labute approximate surface area is 183 Å². The molecule has 0 bridgehead atoms. The fourth-order valence-corrected chi connectivity index (χ4v) is 3.81. The van der Waals surface area contributed by atoms with Crippen LogP contribution in [0.25, 0.3) is 0 Å². The molecule has 0 atom stereocenters. The van der Waals surface area contributed by atoms with Crippen molar-refractivity contribution in [3.63, 3.8) is 0 Å². The molecule has 5 nitrogen and oxygen atoms in total. The van der Waals surface area contributed by atoms with Gasteiger partial charge in [0.05, 0.1) is 6.54 Å². The van der Waals surface area contributed by atoms with Crippen LogP contribution in [-0.4, -0.2) is 54.9 Å². The minimum atomic E-state index is -0.0243. The van der Waals surface area contributed by atoms with Crippen LogP contribution in [0.5, 0.6) is 5.75 Å². The normalized spacial score (nSPS) is 14.4. The van der Waals surface area contributed by atoms with E-state index in [1.54, 1.807) is 17.0 Å². The number of carbonyl (C=O) groups is 2. The predicted molar refractivity (Wildman–Crippen MR) is 119 cm³/mol. The lowest BCUT2D eigenvalue weighted by Crippen LogP contribution is -2.44. The topological polar surface area (TPSA) is 49.9 Å². The number of rotatable bonds is 8. The van der Waals surface area contributed by atoms with Gasteiger partial charge in [-0.05, 0) is 49.1 Å². The van der Waals surface area contributed by atoms with Crippen LogP contribution in [0.4, 0.5) is 0 Å². The number of likely N-dealkylation sites (N-methyl/N-ethyl adjacent to an activating group) is 1. The summed E-state index contributed by atoms with van der Waals surface area (Å²) in [5.74, 6) is 1.02. The molecular weight excluding hydrogens is 400 g/mol. The standard InChI is InChI=1S/C24H29ClN2O3/c1-26(17-18-30-22-10-8-21(25)9-11-22)24(29)20-13-15-27(16-14-20)23(28)12-7-19-5-3-2-4-6-19/h2-6,8-11,20H,7,12-18H2,1H3. The van der Waals surface area contributed by atoms with Gasteiger partial charge in [-0.15, -0.1) is 0 Å². The molecule has 0 aromatic heterocycles. The highest BCUT2D eigenvalue weighted by Gasteiger charge is 2.28. The molecule has 2 aromatic rings. The third-order valence-electron chi connectivity index (χ3n) is 5.55. The van der Waals surface area contributed by atoms with E-state index in [-0.39, 0.29) is 17.7 Å². The fraction of sp³-hybridized carbons (Fsp3) is 0.417. The smallest absolute Gasteiger partial charge is 0.225 e. The van der Waals surface area contributed by atoms with E-state index in [0.29, 0.717) is 37.7 Å². The number of piperidine rings is 1. The molecular formula is C24H29ClN2O3. The predicted octanol–water partition coefficient (Wildman–Crippen LogP) is 4.05. The zero-order chi connectivity index (χ0) is 21.3. The second-order valence-electron chi connectivity index (χ2n) is 7.70. The summed E-state index contributed by atoms with van der Waals surface area (Å²) in [5, 5.41) is 0.666. The van der Waals surface area contributed by atoms with Gasteiger partial charge in [0.15, 0.2) is 0 Å². The third kappa shape index (κ3) is 6.49. The number of ether oxygens (including phenoxy) is 1. The molecule has 0 spiro atoms. The molecule has 1 heterocycles. The number of nitrogens with zero attached hydrogens (tertiary/aromatic N) is 2. The van der Waals surface area contributed by atoms with Crippen molar-refractivity contribution in [3.8, 4) is 5.75 Å². The largest absolute Gasteiger partial charge is 0.492 e. The van der Waals surface area contributed by atoms with Crippen LogP contribution in [0.15, 0.2) is 54.6 Å². The molecule has 2 aromatic carbocycles. The molecule has 1 aliphatic rings. The maximum atomic E-state index is 12.7. The van der Waals surface area contributed by atoms with E-state index in [4.69, 9.17) is 16.3 Å². The summed E-state index contributed by atoms with van der Waals surface area (Å²) in [6, 6.07) is 17.2. The summed E-state index contributed by atoms with van der Waals surface area (Å²) in [4.78, 5) is 28.8. The Kier molecular flexibility index (Phi) is 8.14. The zero-order valence-electron chi connectivity index (χ0n) is 17.4. The van der Waals surface area contributed by atoms with Gasteiger partial charge in [-0.3, -0.25) is 9.59 Å². The summed E-state index contributed by atoms with van der Waals surface area (Å²) in [6.07, 6.45) is 2.72. The highest BCUT2D eigenvalue weighted by Crippen LogP contribution is 2.21. The highest BCUT2D eigenvalue weighted by atomic mass is 35.5. The van der Waals surface area contributed by atoms with Gasteiger partial charge in [-0.25, -0.2) is 0 Å². The number of benzene rings is 2. The molecule has 0 unspecified atom stereocenters. The van der Waals surface area contributed by atoms with Gasteiger partial charge in [0.2, 0.25) is 11.8 Å². The maximum Gasteiger partial charge on any atom is 0.225 e. The van der Waals surface area contributed by atoms with Gasteiger partial charge in [0.1, 0.15) is 12.4 Å². The fourth-order valence-electron chi connectivity index (χ4n) is 3.68. The van der Waals surface area contributed by atoms with Crippen LogP contribution in [0, 0.1) is 5.92 Å². The second-order valence-corrected chi connectivity index (χ2v) is 8.14. The van der Waals surface area contributed by atoms with E-state index in [1.807, 2.05) is 54.4 Å². The van der Waals surface area contributed by atoms with Crippen molar-refractivity contribution in [1.82, 2.24) is 9.80 Å². The van der Waals surface area contributed by atoms with Gasteiger partial charge >= 0.3 is 0 Å². The Balaban J connectivity index is 1.36. The first kappa shape index (κ1) is 22.2. The number of hydrogen-bond donors (Lipinski definition) is 0. The number of halogens is 1. The number of aryl methyl sites for hydroxylation is 1. The summed E-state index contributed by atoms with van der Waals surface area (Å²) >= 11 is 5.87. The lowest BCUT2D eigenvalue weighted by molar-refractivity contribution is -0.140. The van der Waals surface area contributed by atoms with Gasteiger partial charge in [0, 0.05) is 37.5 Å². The maximum absolute atomic E-state index is 12.7. The molecule has 30 heavy (non-hydrogen) atoms. The summed E-state index contributed by atoms with van der Waals surface area (Å²) < 4.78 is 5.68. The van der Waals surface area contributed by atoms with Gasteiger partial charge < -0.3 is 14.5 Å². The monoisotopic (exact) mass is 428 g/mol. The van der Waals surface area contributed by atoms with Crippen LogP contribution in [-0.2, 0) is 16.0 Å². The molecule has 0 saturated carbocycles. The van der Waals surface area contributed by atoms with E-state index < -0.39 is 0 Å². The number of amides is 2. The van der Waals surface area contributed by atoms with Crippen molar-refractivity contribution < 1.29 is 14.3 Å². The van der Waals surface area contributed by atoms with E-state index in [1.165, 1.54) is 5.56 Å². The third-order valence-corrected chi connectivity index (χ3v) is 5.80. The van der Waals surface area contributed by atoms with E-state index in [0.717, 1.165) is 25.0 Å². The Bertz CT molecular complexity index is 818. The Morgan fingerprint density at radius 3 is 2.40 bits per heavy atom. The Hall–Kier alpha value is -2.53. The molecule has 0 radical (unpaired) electrons. The number of hydrogen-bond acceptors (Lipinski definition) is 3. The first-order valence-electron chi connectivity index (χ1n) is 10.5. The first-order chi connectivity index (χ1) is 14.5. The van der Waals surface area contributed by atoms with Crippen molar-refractivity contribution in [2.75, 3.05) is 33.3 Å². The summed E-state index contributed by atoms with van der Waals surface area (Å²) in [7, 11) is 1.81. The molecule has 0 aliphatic carbocycles. The minimum Gasteiger partial charge on any atom is -0.492 e. The number of carbonyl (C=O) groups excluding carboxylic acids is 2. The highest BCUT2D eigenvalue weighted by molar-refractivity contribution is 6.30. The lowest BCUT2D eigenvalue weighted by atomic mass is 9.95. The van der Waals surface area contributed by atoms with Crippen molar-refractivity contribution in [2.24, 2.45) is 5.92 Å². The van der Waals surface area contributed by atoms with Gasteiger partial charge in [-0.1, -0.05) is 41.9 Å². The SMILES string of the molecule is CN(CCOc1ccc(Cl)cc1)C(=O)C1CCN(C(=O)CCc2ccccc2)CC1. The molecule has 0 N–H and O–H groups in total. The Morgan fingerprint density at radius 1 is 1.07 bits per heavy atom. The van der Waals surface area contributed by atoms with E-state index in [9.17, 15) is 9.59 Å². The summed E-state index contributed by atoms with van der Waals surface area (Å²) in [6.45, 7) is 2.26. The number of likely N-dealkylation sites (tertiary alicyclic amines) is 1. The zero-order valence-corrected chi connectivity index (χ0v) is 18.2. The van der Waals surface area contributed by atoms with Crippen molar-refractivity contribution in [3.05, 3.63) is 65.2 Å². The quantitative estimate of drug-likeness (QED) is 0.637. The van der Waals surface area contributed by atoms with Gasteiger partial charge in [0.25, 0.3) is 0 Å². The average molecular weight is 429 g/mol. The summed E-state index contributed by atoms with van der Waals surface area (Å²) in [5.41, 5.74) is 1.18. The van der Waals surface area contributed by atoms with Crippen molar-refractivity contribution in [2.45, 2.75) is 25.7 Å². The molecule has 3 rings (SSSR count). The van der Waals surface area contributed by atoms with Crippen molar-refractivity contribution in [1.29, 1.82) is 0 Å². The first-order valence-corrected chi connectivity index (χ1v) is 10.9. The van der Waals surface area contributed by atoms with Crippen LogP contribution in [0.1, 0.15) is 24.8 Å². The van der Waals surface area contributed by atoms with Gasteiger partial charge in [-0.2, -0.15) is 0 Å². The second kappa shape index (κ2) is 11.0. The van der Waals surface area contributed by atoms with Crippen LogP contribution >= 0.6 is 11.6 Å². The molecule has 1 saturated heterocycles. The van der Waals surface area contributed by atoms with E-state index in [2.05, 4.69) is 0 Å². The molecule has 2 amide bonds. The average Bonchev–Trinajstić information content (AvgIpc) is 2.79. The van der Waals surface area contributed by atoms with E-state index >= 15 is 0 Å². The van der Waals surface area contributed by atoms with Crippen LogP contribution in [0.3, 0.4) is 0 Å². The lowest BCUT2D eigenvalue weighted by Gasteiger charge is -2.33. The van der Waals surface area contributed by atoms with Crippen molar-refractivity contribution >= 4 is 23.4 Å². The van der Waals surface area contributed by atoms with Crippen LogP contribution in [0.2, 0.25) is 5.02 Å². The molecule has 6 heteroatoms. The van der Waals surface area contributed by atoms with Crippen LogP contribution < -0.4 is 4.74 Å². The minimum absolute atomic E-state index is 0.0243. The molecule has 1 fully saturated rings. The molecule has 160 valence electrons. The molecule has 1 aliphatic heterocycles.